The Kier molecular flexibility index (Phi) is 4.54. The highest BCUT2D eigenvalue weighted by Gasteiger charge is 2.22. The van der Waals surface area contributed by atoms with Crippen LogP contribution in [-0.4, -0.2) is 36.1 Å². The number of hydrogen-bond acceptors (Lipinski definition) is 4. The van der Waals surface area contributed by atoms with E-state index in [1.807, 2.05) is 17.5 Å². The van der Waals surface area contributed by atoms with Crippen molar-refractivity contribution in [2.24, 2.45) is 11.7 Å². The van der Waals surface area contributed by atoms with Crippen molar-refractivity contribution in [1.82, 2.24) is 9.88 Å². The van der Waals surface area contributed by atoms with Gasteiger partial charge in [0.15, 0.2) is 0 Å². The van der Waals surface area contributed by atoms with Crippen LogP contribution in [0.5, 0.6) is 0 Å². The number of rotatable bonds is 5. The number of nitrogens with zero attached hydrogens (tertiary/aromatic N) is 2. The normalized spacial score (nSPS) is 23.1. The van der Waals surface area contributed by atoms with Gasteiger partial charge < -0.3 is 10.6 Å². The molecular formula is C13H23N3S. The molecule has 17 heavy (non-hydrogen) atoms. The predicted molar refractivity (Wildman–Crippen MR) is 73.5 cm³/mol. The van der Waals surface area contributed by atoms with Gasteiger partial charge in [0.05, 0.1) is 5.01 Å². The van der Waals surface area contributed by atoms with E-state index >= 15 is 0 Å². The van der Waals surface area contributed by atoms with Gasteiger partial charge in [0.25, 0.3) is 0 Å². The third kappa shape index (κ3) is 3.27. The zero-order valence-electron chi connectivity index (χ0n) is 10.9. The van der Waals surface area contributed by atoms with Gasteiger partial charge in [-0.25, -0.2) is 4.98 Å². The van der Waals surface area contributed by atoms with Crippen molar-refractivity contribution in [3.63, 3.8) is 0 Å². The fraction of sp³-hybridized carbons (Fsp3) is 0.769. The van der Waals surface area contributed by atoms with Gasteiger partial charge >= 0.3 is 0 Å². The summed E-state index contributed by atoms with van der Waals surface area (Å²) in [6, 6.07) is 0. The summed E-state index contributed by atoms with van der Waals surface area (Å²) in [5.41, 5.74) is 5.69. The quantitative estimate of drug-likeness (QED) is 0.873. The van der Waals surface area contributed by atoms with E-state index in [1.54, 1.807) is 0 Å². The van der Waals surface area contributed by atoms with E-state index < -0.39 is 0 Å². The van der Waals surface area contributed by atoms with Crippen LogP contribution in [-0.2, 0) is 6.42 Å². The van der Waals surface area contributed by atoms with Crippen molar-refractivity contribution in [2.75, 3.05) is 26.2 Å². The molecule has 1 fully saturated rings. The molecule has 4 heteroatoms. The van der Waals surface area contributed by atoms with Crippen molar-refractivity contribution in [3.8, 4) is 0 Å². The second-order valence-electron chi connectivity index (χ2n) is 5.05. The molecule has 0 aromatic carbocycles. The molecule has 2 atom stereocenters. The zero-order chi connectivity index (χ0) is 12.3. The van der Waals surface area contributed by atoms with Gasteiger partial charge in [-0.2, -0.15) is 0 Å². The van der Waals surface area contributed by atoms with Crippen molar-refractivity contribution in [1.29, 1.82) is 0 Å². The van der Waals surface area contributed by atoms with Crippen LogP contribution in [0.4, 0.5) is 0 Å². The van der Waals surface area contributed by atoms with Crippen molar-refractivity contribution >= 4 is 11.3 Å². The molecule has 1 aromatic rings. The molecule has 2 unspecified atom stereocenters. The maximum atomic E-state index is 5.69. The fourth-order valence-corrected chi connectivity index (χ4v) is 3.48. The lowest BCUT2D eigenvalue weighted by Gasteiger charge is -2.11. The molecule has 2 rings (SSSR count). The summed E-state index contributed by atoms with van der Waals surface area (Å²) in [6.45, 7) is 8.83. The molecule has 2 N–H and O–H groups in total. The fourth-order valence-electron chi connectivity index (χ4n) is 2.38. The number of nitrogens with two attached hydrogens (primary N) is 1. The van der Waals surface area contributed by atoms with Crippen molar-refractivity contribution < 1.29 is 0 Å². The topological polar surface area (TPSA) is 42.2 Å². The van der Waals surface area contributed by atoms with Gasteiger partial charge in [0.1, 0.15) is 0 Å². The van der Waals surface area contributed by atoms with Gasteiger partial charge in [0, 0.05) is 30.0 Å². The molecule has 1 aliphatic heterocycles. The molecule has 0 spiro atoms. The van der Waals surface area contributed by atoms with Gasteiger partial charge in [-0.1, -0.05) is 13.8 Å². The minimum absolute atomic E-state index is 0.456. The summed E-state index contributed by atoms with van der Waals surface area (Å²) in [5, 5.41) is 1.29. The Morgan fingerprint density at radius 3 is 3.12 bits per heavy atom. The van der Waals surface area contributed by atoms with Gasteiger partial charge in [0.2, 0.25) is 0 Å². The molecule has 0 saturated carbocycles. The van der Waals surface area contributed by atoms with E-state index in [1.165, 1.54) is 35.9 Å². The number of hydrogen-bond donors (Lipinski definition) is 1. The molecule has 0 bridgehead atoms. The average Bonchev–Trinajstić information content (AvgIpc) is 2.97. The van der Waals surface area contributed by atoms with Crippen LogP contribution in [0.3, 0.4) is 0 Å². The SMILES string of the molecule is CCN1CCC(Cc2ncc(C(C)CN)s2)C1. The minimum atomic E-state index is 0.456. The minimum Gasteiger partial charge on any atom is -0.330 e. The second-order valence-corrected chi connectivity index (χ2v) is 6.19. The monoisotopic (exact) mass is 253 g/mol. The molecule has 3 nitrogen and oxygen atoms in total. The van der Waals surface area contributed by atoms with E-state index in [9.17, 15) is 0 Å². The molecule has 96 valence electrons. The molecule has 1 saturated heterocycles. The number of thiazole rings is 1. The van der Waals surface area contributed by atoms with E-state index in [4.69, 9.17) is 5.73 Å². The van der Waals surface area contributed by atoms with Crippen LogP contribution in [0.25, 0.3) is 0 Å². The summed E-state index contributed by atoms with van der Waals surface area (Å²) in [4.78, 5) is 8.41. The molecule has 0 radical (unpaired) electrons. The summed E-state index contributed by atoms with van der Waals surface area (Å²) < 4.78 is 0. The Bertz CT molecular complexity index is 350. The van der Waals surface area contributed by atoms with Crippen LogP contribution >= 0.6 is 11.3 Å². The third-order valence-electron chi connectivity index (χ3n) is 3.69. The lowest BCUT2D eigenvalue weighted by molar-refractivity contribution is 0.342. The molecule has 0 amide bonds. The standard InChI is InChI=1S/C13H23N3S/c1-3-16-5-4-11(9-16)6-13-15-8-12(17-13)10(2)7-14/h8,10-11H,3-7,9,14H2,1-2H3. The number of aromatic nitrogens is 1. The highest BCUT2D eigenvalue weighted by molar-refractivity contribution is 7.11. The summed E-state index contributed by atoms with van der Waals surface area (Å²) in [6.07, 6.45) is 4.50. The predicted octanol–water partition coefficient (Wildman–Crippen LogP) is 2.09. The third-order valence-corrected chi connectivity index (χ3v) is 4.94. The maximum Gasteiger partial charge on any atom is 0.0931 e. The van der Waals surface area contributed by atoms with Gasteiger partial charge in [-0.15, -0.1) is 11.3 Å². The zero-order valence-corrected chi connectivity index (χ0v) is 11.7. The summed E-state index contributed by atoms with van der Waals surface area (Å²) in [5.74, 6) is 1.26. The Hall–Kier alpha value is -0.450. The molecule has 0 aliphatic carbocycles. The summed E-state index contributed by atoms with van der Waals surface area (Å²) >= 11 is 1.85. The van der Waals surface area contributed by atoms with Crippen LogP contribution < -0.4 is 5.73 Å². The lowest BCUT2D eigenvalue weighted by Crippen LogP contribution is -2.20. The second kappa shape index (κ2) is 5.94. The highest BCUT2D eigenvalue weighted by Crippen LogP contribution is 2.26. The molecular weight excluding hydrogens is 230 g/mol. The van der Waals surface area contributed by atoms with Crippen LogP contribution in [0.2, 0.25) is 0 Å². The first-order valence-electron chi connectivity index (χ1n) is 6.60. The smallest absolute Gasteiger partial charge is 0.0931 e. The highest BCUT2D eigenvalue weighted by atomic mass is 32.1. The maximum absolute atomic E-state index is 5.69. The Labute approximate surface area is 108 Å². The van der Waals surface area contributed by atoms with Crippen molar-refractivity contribution in [2.45, 2.75) is 32.6 Å². The van der Waals surface area contributed by atoms with Crippen molar-refractivity contribution in [3.05, 3.63) is 16.1 Å². The van der Waals surface area contributed by atoms with Gasteiger partial charge in [-0.05, 0) is 32.0 Å². The van der Waals surface area contributed by atoms with Crippen LogP contribution in [0.1, 0.15) is 36.1 Å². The Morgan fingerprint density at radius 2 is 2.47 bits per heavy atom. The van der Waals surface area contributed by atoms with E-state index in [0.29, 0.717) is 12.5 Å². The molecule has 2 heterocycles. The lowest BCUT2D eigenvalue weighted by atomic mass is 10.1. The molecule has 1 aromatic heterocycles. The number of likely N-dealkylation sites (tertiary alicyclic amines) is 1. The van der Waals surface area contributed by atoms with E-state index in [2.05, 4.69) is 23.7 Å². The van der Waals surface area contributed by atoms with Gasteiger partial charge in [-0.3, -0.25) is 0 Å². The first-order valence-corrected chi connectivity index (χ1v) is 7.41. The first-order chi connectivity index (χ1) is 8.22. The largest absolute Gasteiger partial charge is 0.330 e. The Morgan fingerprint density at radius 1 is 1.65 bits per heavy atom. The van der Waals surface area contributed by atoms with Crippen LogP contribution in [0.15, 0.2) is 6.20 Å². The average molecular weight is 253 g/mol. The van der Waals surface area contributed by atoms with Crippen LogP contribution in [0, 0.1) is 5.92 Å². The first kappa shape index (κ1) is 13.0. The van der Waals surface area contributed by atoms with E-state index in [-0.39, 0.29) is 0 Å². The molecule has 1 aliphatic rings. The summed E-state index contributed by atoms with van der Waals surface area (Å²) in [7, 11) is 0. The van der Waals surface area contributed by atoms with E-state index in [0.717, 1.165) is 12.3 Å². The Balaban J connectivity index is 1.89.